The molecule has 1 saturated carbocycles. The van der Waals surface area contributed by atoms with E-state index in [-0.39, 0.29) is 6.61 Å². The highest BCUT2D eigenvalue weighted by Gasteiger charge is 2.48. The molecule has 0 amide bonds. The minimum atomic E-state index is -0.431. The number of fused-ring (bicyclic) bond motifs is 2. The number of allylic oxidation sites excluding steroid dienone is 2. The van der Waals surface area contributed by atoms with Gasteiger partial charge in [0.1, 0.15) is 0 Å². The number of aliphatic hydroxyl groups excluding tert-OH is 1. The number of aliphatic hydroxyl groups is 1. The largest absolute Gasteiger partial charge is 0.395 e. The van der Waals surface area contributed by atoms with Gasteiger partial charge in [-0.1, -0.05) is 12.2 Å². The number of nitriles is 1. The lowest BCUT2D eigenvalue weighted by molar-refractivity contribution is 0.150. The molecule has 0 saturated heterocycles. The molecular formula is C9H11NO. The van der Waals surface area contributed by atoms with Crippen molar-refractivity contribution in [2.45, 2.75) is 12.8 Å². The van der Waals surface area contributed by atoms with Crippen LogP contribution in [0.3, 0.4) is 0 Å². The molecule has 11 heavy (non-hydrogen) atoms. The highest BCUT2D eigenvalue weighted by molar-refractivity contribution is 5.21. The van der Waals surface area contributed by atoms with Crippen molar-refractivity contribution in [1.82, 2.24) is 0 Å². The van der Waals surface area contributed by atoms with Gasteiger partial charge in [0, 0.05) is 0 Å². The zero-order valence-electron chi connectivity index (χ0n) is 6.33. The predicted molar refractivity (Wildman–Crippen MR) is 40.5 cm³/mol. The van der Waals surface area contributed by atoms with E-state index in [1.54, 1.807) is 0 Å². The van der Waals surface area contributed by atoms with Crippen molar-refractivity contribution in [2.24, 2.45) is 17.3 Å². The lowest BCUT2D eigenvalue weighted by Crippen LogP contribution is -2.27. The second-order valence-corrected chi connectivity index (χ2v) is 3.62. The summed E-state index contributed by atoms with van der Waals surface area (Å²) in [5, 5.41) is 18.0. The second-order valence-electron chi connectivity index (χ2n) is 3.62. The molecule has 3 atom stereocenters. The Kier molecular flexibility index (Phi) is 1.30. The molecule has 1 N–H and O–H groups in total. The van der Waals surface area contributed by atoms with E-state index < -0.39 is 5.41 Å². The van der Waals surface area contributed by atoms with Crippen molar-refractivity contribution in [3.8, 4) is 6.07 Å². The van der Waals surface area contributed by atoms with E-state index in [1.165, 1.54) is 0 Å². The lowest BCUT2D eigenvalue weighted by atomic mass is 9.78. The van der Waals surface area contributed by atoms with E-state index in [4.69, 9.17) is 10.4 Å². The first-order valence-electron chi connectivity index (χ1n) is 4.01. The fourth-order valence-corrected chi connectivity index (χ4v) is 2.30. The van der Waals surface area contributed by atoms with Gasteiger partial charge in [-0.3, -0.25) is 0 Å². The van der Waals surface area contributed by atoms with Gasteiger partial charge in [-0.15, -0.1) is 0 Å². The molecule has 2 nitrogen and oxygen atoms in total. The quantitative estimate of drug-likeness (QED) is 0.567. The zero-order chi connectivity index (χ0) is 7.90. The number of nitrogens with zero attached hydrogens (tertiary/aromatic N) is 1. The summed E-state index contributed by atoms with van der Waals surface area (Å²) in [6.45, 7) is 0.0228. The normalized spacial score (nSPS) is 46.2. The second kappa shape index (κ2) is 2.09. The summed E-state index contributed by atoms with van der Waals surface area (Å²) in [7, 11) is 0. The van der Waals surface area contributed by atoms with Gasteiger partial charge in [0.25, 0.3) is 0 Å². The van der Waals surface area contributed by atoms with E-state index in [0.29, 0.717) is 11.8 Å². The molecule has 2 bridgehead atoms. The molecule has 2 aliphatic carbocycles. The smallest absolute Gasteiger partial charge is 0.0872 e. The van der Waals surface area contributed by atoms with E-state index in [1.807, 2.05) is 0 Å². The molecule has 2 heteroatoms. The average molecular weight is 149 g/mol. The molecule has 0 spiro atoms. The summed E-state index contributed by atoms with van der Waals surface area (Å²) in [4.78, 5) is 0. The van der Waals surface area contributed by atoms with Crippen LogP contribution in [0.25, 0.3) is 0 Å². The average Bonchev–Trinajstić information content (AvgIpc) is 2.62. The van der Waals surface area contributed by atoms with Crippen LogP contribution in [0.15, 0.2) is 12.2 Å². The first kappa shape index (κ1) is 6.87. The standard InChI is InChI=1S/C9H11NO/c10-5-9(6-11)4-7-1-2-8(9)3-7/h1-2,7-8,11H,3-4,6H2. The van der Waals surface area contributed by atoms with Crippen molar-refractivity contribution < 1.29 is 5.11 Å². The summed E-state index contributed by atoms with van der Waals surface area (Å²) in [5.41, 5.74) is -0.431. The van der Waals surface area contributed by atoms with Gasteiger partial charge >= 0.3 is 0 Å². The van der Waals surface area contributed by atoms with Crippen LogP contribution in [0.4, 0.5) is 0 Å². The molecule has 0 aromatic rings. The van der Waals surface area contributed by atoms with E-state index in [2.05, 4.69) is 18.2 Å². The van der Waals surface area contributed by atoms with Gasteiger partial charge in [-0.2, -0.15) is 5.26 Å². The van der Waals surface area contributed by atoms with Crippen LogP contribution in [0.5, 0.6) is 0 Å². The number of hydrogen-bond donors (Lipinski definition) is 1. The summed E-state index contributed by atoms with van der Waals surface area (Å²) in [5.74, 6) is 0.884. The Bertz CT molecular complexity index is 240. The Balaban J connectivity index is 2.30. The van der Waals surface area contributed by atoms with Crippen LogP contribution in [-0.2, 0) is 0 Å². The summed E-state index contributed by atoms with van der Waals surface area (Å²) in [6.07, 6.45) is 6.21. The molecule has 58 valence electrons. The maximum absolute atomic E-state index is 9.08. The SMILES string of the molecule is N#CC1(CO)CC2C=CC1C2. The van der Waals surface area contributed by atoms with E-state index in [0.717, 1.165) is 12.8 Å². The van der Waals surface area contributed by atoms with Crippen LogP contribution in [0.2, 0.25) is 0 Å². The third-order valence-electron chi connectivity index (χ3n) is 3.01. The Morgan fingerprint density at radius 2 is 2.45 bits per heavy atom. The summed E-state index contributed by atoms with van der Waals surface area (Å²) < 4.78 is 0. The third-order valence-corrected chi connectivity index (χ3v) is 3.01. The molecule has 2 aliphatic rings. The molecule has 0 heterocycles. The first-order valence-corrected chi connectivity index (χ1v) is 4.01. The van der Waals surface area contributed by atoms with Crippen LogP contribution < -0.4 is 0 Å². The van der Waals surface area contributed by atoms with Gasteiger partial charge in [0.05, 0.1) is 18.1 Å². The van der Waals surface area contributed by atoms with E-state index in [9.17, 15) is 0 Å². The summed E-state index contributed by atoms with van der Waals surface area (Å²) >= 11 is 0. The molecule has 2 rings (SSSR count). The van der Waals surface area contributed by atoms with Gasteiger partial charge < -0.3 is 5.11 Å². The van der Waals surface area contributed by atoms with E-state index >= 15 is 0 Å². The van der Waals surface area contributed by atoms with Crippen molar-refractivity contribution >= 4 is 0 Å². The molecular weight excluding hydrogens is 138 g/mol. The number of rotatable bonds is 1. The van der Waals surface area contributed by atoms with Crippen molar-refractivity contribution in [2.75, 3.05) is 6.61 Å². The maximum Gasteiger partial charge on any atom is 0.0872 e. The molecule has 0 aromatic heterocycles. The third kappa shape index (κ3) is 0.749. The monoisotopic (exact) mass is 149 g/mol. The Morgan fingerprint density at radius 1 is 1.64 bits per heavy atom. The highest BCUT2D eigenvalue weighted by atomic mass is 16.3. The molecule has 0 aromatic carbocycles. The van der Waals surface area contributed by atoms with Gasteiger partial charge in [0.15, 0.2) is 0 Å². The fraction of sp³-hybridized carbons (Fsp3) is 0.667. The van der Waals surface area contributed by atoms with Crippen LogP contribution in [0.1, 0.15) is 12.8 Å². The zero-order valence-corrected chi connectivity index (χ0v) is 6.33. The van der Waals surface area contributed by atoms with Crippen LogP contribution in [-0.4, -0.2) is 11.7 Å². The van der Waals surface area contributed by atoms with Gasteiger partial charge in [0.2, 0.25) is 0 Å². The minimum Gasteiger partial charge on any atom is -0.395 e. The van der Waals surface area contributed by atoms with Gasteiger partial charge in [-0.25, -0.2) is 0 Å². The Morgan fingerprint density at radius 3 is 2.73 bits per heavy atom. The maximum atomic E-state index is 9.08. The Hall–Kier alpha value is -0.810. The van der Waals surface area contributed by atoms with Crippen LogP contribution in [0, 0.1) is 28.6 Å². The number of hydrogen-bond acceptors (Lipinski definition) is 2. The molecule has 1 fully saturated rings. The highest BCUT2D eigenvalue weighted by Crippen LogP contribution is 2.51. The Labute approximate surface area is 66.1 Å². The predicted octanol–water partition coefficient (Wildman–Crippen LogP) is 1.08. The molecule has 3 unspecified atom stereocenters. The van der Waals surface area contributed by atoms with Crippen molar-refractivity contribution in [3.05, 3.63) is 12.2 Å². The van der Waals surface area contributed by atoms with Crippen molar-refractivity contribution in [3.63, 3.8) is 0 Å². The summed E-state index contributed by atoms with van der Waals surface area (Å²) in [6, 6.07) is 2.26. The lowest BCUT2D eigenvalue weighted by Gasteiger charge is -2.25. The van der Waals surface area contributed by atoms with Crippen molar-refractivity contribution in [1.29, 1.82) is 5.26 Å². The topological polar surface area (TPSA) is 44.0 Å². The molecule has 0 radical (unpaired) electrons. The first-order chi connectivity index (χ1) is 5.30. The van der Waals surface area contributed by atoms with Gasteiger partial charge in [-0.05, 0) is 24.7 Å². The fourth-order valence-electron chi connectivity index (χ4n) is 2.30. The van der Waals surface area contributed by atoms with Crippen LogP contribution >= 0.6 is 0 Å². The minimum absolute atomic E-state index is 0.0228. The molecule has 0 aliphatic heterocycles.